The highest BCUT2D eigenvalue weighted by Crippen LogP contribution is 2.15. The van der Waals surface area contributed by atoms with Crippen molar-refractivity contribution in [3.8, 4) is 0 Å². The Labute approximate surface area is 182 Å². The van der Waals surface area contributed by atoms with E-state index >= 15 is 0 Å². The Morgan fingerprint density at radius 3 is 1.30 bits per heavy atom. The zero-order valence-electron chi connectivity index (χ0n) is 15.6. The van der Waals surface area contributed by atoms with Crippen molar-refractivity contribution in [2.24, 2.45) is 0 Å². The van der Waals surface area contributed by atoms with Crippen LogP contribution in [0.1, 0.15) is 54.5 Å². The third kappa shape index (κ3) is 5.47. The summed E-state index contributed by atoms with van der Waals surface area (Å²) in [5, 5.41) is 0.970. The normalized spacial score (nSPS) is 10.5. The lowest BCUT2D eigenvalue weighted by atomic mass is 10.0. The Morgan fingerprint density at radius 1 is 0.567 bits per heavy atom. The van der Waals surface area contributed by atoms with Crippen LogP contribution in [-0.2, 0) is 0 Å². The smallest absolute Gasteiger partial charge is 0.188 e. The van der Waals surface area contributed by atoms with Gasteiger partial charge in [0.2, 0.25) is 0 Å². The molecule has 0 saturated heterocycles. The van der Waals surface area contributed by atoms with Crippen LogP contribution in [0.2, 0.25) is 10.0 Å². The van der Waals surface area contributed by atoms with E-state index in [0.29, 0.717) is 21.2 Å². The summed E-state index contributed by atoms with van der Waals surface area (Å²) in [5.74, 6) is -1.80. The molecule has 0 aliphatic carbocycles. The maximum Gasteiger partial charge on any atom is 0.188 e. The topological polar surface area (TPSA) is 81.2 Å². The molecule has 30 heavy (non-hydrogen) atoms. The molecule has 0 N–H and O–H groups in total. The van der Waals surface area contributed by atoms with Gasteiger partial charge < -0.3 is 0 Å². The molecular weight excluding hydrogens is 425 g/mol. The SMILES string of the molecule is O=C(CC(=O)c1cccc(C(=O)CC(=O)c2ccc(Cl)cc2)n1)c1ccc(Cl)cc1. The Bertz CT molecular complexity index is 1040. The van der Waals surface area contributed by atoms with Crippen LogP contribution in [0.3, 0.4) is 0 Å². The second kappa shape index (κ2) is 9.57. The van der Waals surface area contributed by atoms with Crippen molar-refractivity contribution in [3.63, 3.8) is 0 Å². The highest BCUT2D eigenvalue weighted by molar-refractivity contribution is 6.31. The molecule has 1 aromatic heterocycles. The standard InChI is InChI=1S/C23H15Cl2NO4/c24-16-8-4-14(5-9-16)20(27)12-22(29)18-2-1-3-19(26-18)23(30)13-21(28)15-6-10-17(25)11-7-15/h1-11H,12-13H2. The average molecular weight is 440 g/mol. The lowest BCUT2D eigenvalue weighted by Gasteiger charge is -2.04. The summed E-state index contributed by atoms with van der Waals surface area (Å²) < 4.78 is 0. The van der Waals surface area contributed by atoms with Gasteiger partial charge in [0.15, 0.2) is 23.1 Å². The summed E-state index contributed by atoms with van der Waals surface area (Å²) in [6.45, 7) is 0. The third-order valence-electron chi connectivity index (χ3n) is 4.30. The van der Waals surface area contributed by atoms with Crippen LogP contribution < -0.4 is 0 Å². The Balaban J connectivity index is 1.68. The minimum atomic E-state index is -0.520. The molecule has 0 aliphatic rings. The lowest BCUT2D eigenvalue weighted by molar-refractivity contribution is 0.0882. The van der Waals surface area contributed by atoms with E-state index in [1.807, 2.05) is 0 Å². The van der Waals surface area contributed by atoms with Gasteiger partial charge in [-0.15, -0.1) is 0 Å². The molecule has 7 heteroatoms. The van der Waals surface area contributed by atoms with Crippen LogP contribution in [0.5, 0.6) is 0 Å². The molecule has 3 aromatic rings. The summed E-state index contributed by atoms with van der Waals surface area (Å²) in [5.41, 5.74) is 0.686. The summed E-state index contributed by atoms with van der Waals surface area (Å²) in [4.78, 5) is 53.5. The second-order valence-corrected chi connectivity index (χ2v) is 7.34. The summed E-state index contributed by atoms with van der Waals surface area (Å²) in [6, 6.07) is 16.7. The predicted octanol–water partition coefficient (Wildman–Crippen LogP) is 5.30. The van der Waals surface area contributed by atoms with Crippen LogP contribution in [0.4, 0.5) is 0 Å². The van der Waals surface area contributed by atoms with Crippen LogP contribution >= 0.6 is 23.2 Å². The Hall–Kier alpha value is -3.15. The van der Waals surface area contributed by atoms with Gasteiger partial charge in [-0.1, -0.05) is 29.3 Å². The van der Waals surface area contributed by atoms with Gasteiger partial charge in [-0.3, -0.25) is 19.2 Å². The summed E-state index contributed by atoms with van der Waals surface area (Å²) in [7, 11) is 0. The summed E-state index contributed by atoms with van der Waals surface area (Å²) in [6.07, 6.45) is -0.786. The molecule has 150 valence electrons. The number of Topliss-reactive ketones (excluding diaryl/α,β-unsaturated/α-hetero) is 4. The molecule has 0 aliphatic heterocycles. The predicted molar refractivity (Wildman–Crippen MR) is 114 cm³/mol. The fraction of sp³-hybridized carbons (Fsp3) is 0.0870. The molecule has 3 rings (SSSR count). The van der Waals surface area contributed by atoms with Crippen molar-refractivity contribution >= 4 is 46.3 Å². The van der Waals surface area contributed by atoms with Crippen molar-refractivity contribution in [2.75, 3.05) is 0 Å². The van der Waals surface area contributed by atoms with Gasteiger partial charge in [0.1, 0.15) is 11.4 Å². The van der Waals surface area contributed by atoms with E-state index in [9.17, 15) is 19.2 Å². The number of hydrogen-bond donors (Lipinski definition) is 0. The largest absolute Gasteiger partial charge is 0.294 e. The number of aromatic nitrogens is 1. The minimum absolute atomic E-state index is 0.0119. The van der Waals surface area contributed by atoms with Gasteiger partial charge in [-0.05, 0) is 60.7 Å². The molecule has 2 aromatic carbocycles. The van der Waals surface area contributed by atoms with E-state index in [1.165, 1.54) is 42.5 Å². The van der Waals surface area contributed by atoms with Crippen molar-refractivity contribution in [3.05, 3.63) is 99.3 Å². The molecule has 0 amide bonds. The van der Waals surface area contributed by atoms with Crippen LogP contribution in [0.15, 0.2) is 66.7 Å². The quantitative estimate of drug-likeness (QED) is 0.351. The monoisotopic (exact) mass is 439 g/mol. The maximum absolute atomic E-state index is 12.4. The average Bonchev–Trinajstić information content (AvgIpc) is 2.74. The first-order valence-electron chi connectivity index (χ1n) is 8.94. The third-order valence-corrected chi connectivity index (χ3v) is 4.80. The number of pyridine rings is 1. The van der Waals surface area contributed by atoms with Crippen LogP contribution in [0, 0.1) is 0 Å². The summed E-state index contributed by atoms with van der Waals surface area (Å²) >= 11 is 11.6. The van der Waals surface area contributed by atoms with Crippen LogP contribution in [0.25, 0.3) is 0 Å². The minimum Gasteiger partial charge on any atom is -0.294 e. The van der Waals surface area contributed by atoms with Crippen molar-refractivity contribution in [1.82, 2.24) is 4.98 Å². The molecule has 0 bridgehead atoms. The van der Waals surface area contributed by atoms with E-state index in [2.05, 4.69) is 4.98 Å². The number of benzene rings is 2. The highest BCUT2D eigenvalue weighted by Gasteiger charge is 2.19. The van der Waals surface area contributed by atoms with Crippen molar-refractivity contribution in [2.45, 2.75) is 12.8 Å². The van der Waals surface area contributed by atoms with Gasteiger partial charge >= 0.3 is 0 Å². The zero-order valence-corrected chi connectivity index (χ0v) is 17.1. The first-order valence-corrected chi connectivity index (χ1v) is 9.70. The van der Waals surface area contributed by atoms with E-state index in [1.54, 1.807) is 24.3 Å². The first-order chi connectivity index (χ1) is 14.3. The van der Waals surface area contributed by atoms with Crippen LogP contribution in [-0.4, -0.2) is 28.1 Å². The number of nitrogens with zero attached hydrogens (tertiary/aromatic N) is 1. The van der Waals surface area contributed by atoms with E-state index in [0.717, 1.165) is 0 Å². The van der Waals surface area contributed by atoms with E-state index in [-0.39, 0.29) is 23.0 Å². The molecule has 0 saturated carbocycles. The number of halogens is 2. The van der Waals surface area contributed by atoms with Crippen molar-refractivity contribution < 1.29 is 19.2 Å². The molecule has 0 spiro atoms. The van der Waals surface area contributed by atoms with Gasteiger partial charge in [-0.2, -0.15) is 0 Å². The number of rotatable bonds is 8. The maximum atomic E-state index is 12.4. The van der Waals surface area contributed by atoms with E-state index in [4.69, 9.17) is 23.2 Å². The zero-order chi connectivity index (χ0) is 21.7. The number of ketones is 4. The molecule has 5 nitrogen and oxygen atoms in total. The molecular formula is C23H15Cl2NO4. The fourth-order valence-corrected chi connectivity index (χ4v) is 2.95. The van der Waals surface area contributed by atoms with Gasteiger partial charge in [0.05, 0.1) is 12.8 Å². The fourth-order valence-electron chi connectivity index (χ4n) is 2.69. The Kier molecular flexibility index (Phi) is 6.87. The highest BCUT2D eigenvalue weighted by atomic mass is 35.5. The lowest BCUT2D eigenvalue weighted by Crippen LogP contribution is -2.14. The van der Waals surface area contributed by atoms with Gasteiger partial charge in [0, 0.05) is 21.2 Å². The molecule has 0 atom stereocenters. The Morgan fingerprint density at radius 2 is 0.933 bits per heavy atom. The second-order valence-electron chi connectivity index (χ2n) is 6.47. The molecule has 1 heterocycles. The molecule has 0 fully saturated rings. The molecule has 0 radical (unpaired) electrons. The number of carbonyl (C=O) groups excluding carboxylic acids is 4. The first kappa shape index (κ1) is 21.6. The van der Waals surface area contributed by atoms with Gasteiger partial charge in [0.25, 0.3) is 0 Å². The number of carbonyl (C=O) groups is 4. The molecule has 0 unspecified atom stereocenters. The number of hydrogen-bond acceptors (Lipinski definition) is 5. The van der Waals surface area contributed by atoms with E-state index < -0.39 is 24.4 Å². The van der Waals surface area contributed by atoms with Gasteiger partial charge in [-0.25, -0.2) is 4.98 Å². The van der Waals surface area contributed by atoms with Crippen molar-refractivity contribution in [1.29, 1.82) is 0 Å².